The maximum absolute atomic E-state index is 10.1. The van der Waals surface area contributed by atoms with Crippen molar-refractivity contribution < 1.29 is 15.0 Å². The lowest BCUT2D eigenvalue weighted by atomic mass is 10.1. The first-order chi connectivity index (χ1) is 5.77. The van der Waals surface area contributed by atoms with E-state index in [0.29, 0.717) is 12.3 Å². The number of nitrogens with zero attached hydrogens (tertiary/aromatic N) is 1. The lowest BCUT2D eigenvalue weighted by molar-refractivity contribution is -0.402. The highest BCUT2D eigenvalue weighted by molar-refractivity contribution is 5.72. The van der Waals surface area contributed by atoms with Crippen LogP contribution in [-0.4, -0.2) is 22.2 Å². The van der Waals surface area contributed by atoms with Crippen molar-refractivity contribution in [2.45, 2.75) is 26.3 Å². The second-order valence-electron chi connectivity index (χ2n) is 2.80. The van der Waals surface area contributed by atoms with Gasteiger partial charge >= 0.3 is 5.97 Å². The lowest BCUT2D eigenvalue weighted by Crippen LogP contribution is -2.31. The molecule has 7 heteroatoms. The number of rotatable bonds is 3. The quantitative estimate of drug-likeness (QED) is 0.486. The molecule has 0 bridgehead atoms. The summed E-state index contributed by atoms with van der Waals surface area (Å²) >= 11 is 0. The summed E-state index contributed by atoms with van der Waals surface area (Å²) in [6.07, 6.45) is 0.551. The van der Waals surface area contributed by atoms with Gasteiger partial charge < -0.3 is 26.2 Å². The fourth-order valence-corrected chi connectivity index (χ4v) is 0.609. The van der Waals surface area contributed by atoms with Gasteiger partial charge in [-0.15, -0.1) is 0 Å². The molecule has 0 aromatic carbocycles. The van der Waals surface area contributed by atoms with Gasteiger partial charge in [-0.05, 0) is 12.3 Å². The molecule has 3 N–H and O–H groups in total. The molecule has 0 saturated carbocycles. The van der Waals surface area contributed by atoms with Crippen LogP contribution in [0.2, 0.25) is 0 Å². The number of hydrogen-bond acceptors (Lipinski definition) is 5. The van der Waals surface area contributed by atoms with Gasteiger partial charge in [-0.25, -0.2) is 0 Å². The first kappa shape index (κ1) is 14.2. The van der Waals surface area contributed by atoms with Gasteiger partial charge in [0, 0.05) is 0 Å². The summed E-state index contributed by atoms with van der Waals surface area (Å²) in [6, 6.07) is -0.690. The summed E-state index contributed by atoms with van der Waals surface area (Å²) in [7, 11) is 0. The van der Waals surface area contributed by atoms with Gasteiger partial charge in [-0.1, -0.05) is 13.8 Å². The number of carbonyl (C=O) groups is 1. The number of carboxylic acids is 1. The Morgan fingerprint density at radius 1 is 1.54 bits per heavy atom. The van der Waals surface area contributed by atoms with Crippen molar-refractivity contribution in [3.05, 3.63) is 15.3 Å². The summed E-state index contributed by atoms with van der Waals surface area (Å²) in [4.78, 5) is 18.4. The number of nitrogens with two attached hydrogens (primary N) is 1. The molecule has 0 rings (SSSR count). The molecule has 0 unspecified atom stereocenters. The van der Waals surface area contributed by atoms with Gasteiger partial charge in [0.1, 0.15) is 6.04 Å². The largest absolute Gasteiger partial charge is 0.480 e. The molecule has 0 saturated heterocycles. The third-order valence-electron chi connectivity index (χ3n) is 1.04. The summed E-state index contributed by atoms with van der Waals surface area (Å²) in [6.45, 7) is 3.89. The SMILES string of the molecule is CC(C)C[C@H](N)C(=O)O.O=[N+]([O-])[O-]. The van der Waals surface area contributed by atoms with E-state index in [4.69, 9.17) is 26.2 Å². The first-order valence-corrected chi connectivity index (χ1v) is 3.57. The number of hydrogen-bond donors (Lipinski definition) is 2. The zero-order valence-electron chi connectivity index (χ0n) is 7.47. The van der Waals surface area contributed by atoms with E-state index in [0.717, 1.165) is 0 Å². The summed E-state index contributed by atoms with van der Waals surface area (Å²) in [5, 5.41) is 23.1. The van der Waals surface area contributed by atoms with E-state index in [1.807, 2.05) is 13.8 Å². The third-order valence-corrected chi connectivity index (χ3v) is 1.04. The van der Waals surface area contributed by atoms with Crippen LogP contribution in [0.25, 0.3) is 0 Å². The smallest absolute Gasteiger partial charge is 0.320 e. The van der Waals surface area contributed by atoms with Gasteiger partial charge in [-0.2, -0.15) is 0 Å². The molecule has 0 aromatic rings. The van der Waals surface area contributed by atoms with E-state index in [1.165, 1.54) is 0 Å². The molecule has 0 aromatic heterocycles. The van der Waals surface area contributed by atoms with Crippen molar-refractivity contribution in [2.24, 2.45) is 11.7 Å². The highest BCUT2D eigenvalue weighted by atomic mass is 16.9. The van der Waals surface area contributed by atoms with E-state index in [2.05, 4.69) is 0 Å². The molecule has 0 spiro atoms. The van der Waals surface area contributed by atoms with E-state index < -0.39 is 17.1 Å². The van der Waals surface area contributed by atoms with E-state index in [1.54, 1.807) is 0 Å². The Morgan fingerprint density at radius 3 is 1.92 bits per heavy atom. The van der Waals surface area contributed by atoms with Crippen LogP contribution in [-0.2, 0) is 4.79 Å². The summed E-state index contributed by atoms with van der Waals surface area (Å²) < 4.78 is 0. The third kappa shape index (κ3) is 18.0. The number of aliphatic carboxylic acids is 1. The van der Waals surface area contributed by atoms with Crippen molar-refractivity contribution in [1.29, 1.82) is 0 Å². The zero-order valence-corrected chi connectivity index (χ0v) is 7.47. The van der Waals surface area contributed by atoms with Crippen LogP contribution < -0.4 is 5.73 Å². The normalized spacial score (nSPS) is 11.4. The maximum Gasteiger partial charge on any atom is 0.320 e. The fraction of sp³-hybridized carbons (Fsp3) is 0.833. The molecular weight excluding hydrogens is 180 g/mol. The topological polar surface area (TPSA) is 130 Å². The standard InChI is InChI=1S/C6H13NO2.NO3/c1-4(2)3-5(7)6(8)9;2-1(3)4/h4-5H,3,7H2,1-2H3,(H,8,9);/q;-1/t5-;/m0./s1. The minimum atomic E-state index is -1.75. The Balaban J connectivity index is 0. The van der Waals surface area contributed by atoms with Crippen LogP contribution in [0, 0.1) is 21.2 Å². The Kier molecular flexibility index (Phi) is 7.94. The highest BCUT2D eigenvalue weighted by Crippen LogP contribution is 2.01. The fourth-order valence-electron chi connectivity index (χ4n) is 0.609. The molecule has 0 fully saturated rings. The molecule has 1 atom stereocenters. The molecule has 13 heavy (non-hydrogen) atoms. The van der Waals surface area contributed by atoms with Crippen LogP contribution in [0.3, 0.4) is 0 Å². The van der Waals surface area contributed by atoms with Crippen molar-refractivity contribution in [1.82, 2.24) is 0 Å². The van der Waals surface area contributed by atoms with Crippen LogP contribution in [0.5, 0.6) is 0 Å². The van der Waals surface area contributed by atoms with Gasteiger partial charge in [-0.3, -0.25) is 4.79 Å². The maximum atomic E-state index is 10.1. The first-order valence-electron chi connectivity index (χ1n) is 3.57. The van der Waals surface area contributed by atoms with E-state index in [-0.39, 0.29) is 0 Å². The lowest BCUT2D eigenvalue weighted by Gasteiger charge is -2.07. The number of carboxylic acid groups (broad SMARTS) is 1. The molecule has 0 aliphatic rings. The molecule has 0 aliphatic carbocycles. The Labute approximate surface area is 75.3 Å². The molecule has 0 aliphatic heterocycles. The predicted molar refractivity (Wildman–Crippen MR) is 45.4 cm³/mol. The Morgan fingerprint density at radius 2 is 1.85 bits per heavy atom. The van der Waals surface area contributed by atoms with Gasteiger partial charge in [0.15, 0.2) is 0 Å². The average Bonchev–Trinajstić information content (AvgIpc) is 1.83. The van der Waals surface area contributed by atoms with Gasteiger partial charge in [0.2, 0.25) is 0 Å². The average molecular weight is 193 g/mol. The zero-order chi connectivity index (χ0) is 11.0. The molecule has 7 nitrogen and oxygen atoms in total. The minimum absolute atomic E-state index is 0.357. The van der Waals surface area contributed by atoms with Crippen molar-refractivity contribution in [3.8, 4) is 0 Å². The Bertz CT molecular complexity index is 166. The molecule has 0 heterocycles. The van der Waals surface area contributed by atoms with Crippen molar-refractivity contribution in [2.75, 3.05) is 0 Å². The van der Waals surface area contributed by atoms with Crippen LogP contribution >= 0.6 is 0 Å². The highest BCUT2D eigenvalue weighted by Gasteiger charge is 2.11. The molecular formula is C6H13N2O5-. The molecule has 78 valence electrons. The predicted octanol–water partition coefficient (Wildman–Crippen LogP) is 0.205. The minimum Gasteiger partial charge on any atom is -0.480 e. The molecule has 0 radical (unpaired) electrons. The Hall–Kier alpha value is -1.37. The molecule has 0 amide bonds. The van der Waals surface area contributed by atoms with Crippen molar-refractivity contribution in [3.63, 3.8) is 0 Å². The van der Waals surface area contributed by atoms with Crippen LogP contribution in [0.15, 0.2) is 0 Å². The summed E-state index contributed by atoms with van der Waals surface area (Å²) in [5.74, 6) is -0.556. The van der Waals surface area contributed by atoms with E-state index in [9.17, 15) is 4.79 Å². The van der Waals surface area contributed by atoms with Gasteiger partial charge in [0.05, 0.1) is 5.09 Å². The van der Waals surface area contributed by atoms with Crippen LogP contribution in [0.4, 0.5) is 0 Å². The van der Waals surface area contributed by atoms with E-state index >= 15 is 0 Å². The van der Waals surface area contributed by atoms with Crippen LogP contribution in [0.1, 0.15) is 20.3 Å². The van der Waals surface area contributed by atoms with Gasteiger partial charge in [0.25, 0.3) is 0 Å². The second kappa shape index (κ2) is 7.29. The summed E-state index contributed by atoms with van der Waals surface area (Å²) in [5.41, 5.74) is 5.22. The second-order valence-corrected chi connectivity index (χ2v) is 2.80. The monoisotopic (exact) mass is 193 g/mol. The van der Waals surface area contributed by atoms with Crippen molar-refractivity contribution >= 4 is 5.97 Å².